The number of amides is 1. The summed E-state index contributed by atoms with van der Waals surface area (Å²) in [6, 6.07) is 5.55. The lowest BCUT2D eigenvalue weighted by molar-refractivity contribution is 0.0897. The van der Waals surface area contributed by atoms with Crippen LogP contribution < -0.4 is 20.5 Å². The zero-order chi connectivity index (χ0) is 18.1. The number of ether oxygens (including phenoxy) is 2. The van der Waals surface area contributed by atoms with Gasteiger partial charge in [0.15, 0.2) is 17.2 Å². The SMILES string of the molecule is Cc1c(C(=O)NC2(CN)CCCC2)nnn1-c1ccc2c(c1)OCCO2. The summed E-state index contributed by atoms with van der Waals surface area (Å²) in [6.45, 7) is 3.33. The van der Waals surface area contributed by atoms with E-state index in [1.165, 1.54) is 0 Å². The Balaban J connectivity index is 1.59. The molecule has 8 nitrogen and oxygen atoms in total. The van der Waals surface area contributed by atoms with Gasteiger partial charge in [-0.15, -0.1) is 5.10 Å². The number of carbonyl (C=O) groups excluding carboxylic acids is 1. The largest absolute Gasteiger partial charge is 0.486 e. The van der Waals surface area contributed by atoms with Gasteiger partial charge in [-0.05, 0) is 31.9 Å². The second-order valence-electron chi connectivity index (χ2n) is 6.91. The molecule has 8 heteroatoms. The molecule has 1 saturated carbocycles. The predicted octanol–water partition coefficient (Wildman–Crippen LogP) is 1.35. The van der Waals surface area contributed by atoms with Crippen molar-refractivity contribution in [1.29, 1.82) is 0 Å². The first-order valence-corrected chi connectivity index (χ1v) is 8.97. The van der Waals surface area contributed by atoms with Crippen molar-refractivity contribution in [2.24, 2.45) is 5.73 Å². The van der Waals surface area contributed by atoms with Crippen molar-refractivity contribution in [3.63, 3.8) is 0 Å². The van der Waals surface area contributed by atoms with E-state index in [4.69, 9.17) is 15.2 Å². The number of hydrogen-bond acceptors (Lipinski definition) is 6. The lowest BCUT2D eigenvalue weighted by Gasteiger charge is -2.28. The molecule has 0 spiro atoms. The molecule has 138 valence electrons. The molecule has 4 rings (SSSR count). The molecule has 1 aliphatic heterocycles. The molecule has 2 aliphatic rings. The Labute approximate surface area is 151 Å². The molecule has 0 bridgehead atoms. The van der Waals surface area contributed by atoms with Crippen LogP contribution in [0.3, 0.4) is 0 Å². The molecule has 2 heterocycles. The topological polar surface area (TPSA) is 104 Å². The molecular formula is C18H23N5O3. The maximum atomic E-state index is 12.7. The van der Waals surface area contributed by atoms with E-state index in [9.17, 15) is 4.79 Å². The Bertz CT molecular complexity index is 826. The van der Waals surface area contributed by atoms with Crippen molar-refractivity contribution in [1.82, 2.24) is 20.3 Å². The molecular weight excluding hydrogens is 334 g/mol. The summed E-state index contributed by atoms with van der Waals surface area (Å²) in [5.74, 6) is 1.16. The molecule has 0 unspecified atom stereocenters. The molecule has 1 fully saturated rings. The number of carbonyl (C=O) groups is 1. The fourth-order valence-electron chi connectivity index (χ4n) is 3.68. The summed E-state index contributed by atoms with van der Waals surface area (Å²) >= 11 is 0. The van der Waals surface area contributed by atoms with Crippen LogP contribution in [0.15, 0.2) is 18.2 Å². The van der Waals surface area contributed by atoms with Crippen molar-refractivity contribution in [2.45, 2.75) is 38.1 Å². The van der Waals surface area contributed by atoms with E-state index in [0.717, 1.165) is 31.4 Å². The van der Waals surface area contributed by atoms with Crippen LogP contribution in [0.1, 0.15) is 41.9 Å². The number of nitrogens with two attached hydrogens (primary N) is 1. The molecule has 1 aliphatic carbocycles. The minimum atomic E-state index is -0.315. The number of rotatable bonds is 4. The Morgan fingerprint density at radius 2 is 2.00 bits per heavy atom. The van der Waals surface area contributed by atoms with Gasteiger partial charge in [-0.1, -0.05) is 18.1 Å². The van der Waals surface area contributed by atoms with Gasteiger partial charge >= 0.3 is 0 Å². The molecule has 2 aromatic rings. The van der Waals surface area contributed by atoms with Gasteiger partial charge in [-0.2, -0.15) is 0 Å². The maximum absolute atomic E-state index is 12.7. The predicted molar refractivity (Wildman–Crippen MR) is 94.8 cm³/mol. The van der Waals surface area contributed by atoms with E-state index >= 15 is 0 Å². The summed E-state index contributed by atoms with van der Waals surface area (Å²) < 4.78 is 12.8. The molecule has 1 aromatic heterocycles. The van der Waals surface area contributed by atoms with E-state index in [2.05, 4.69) is 15.6 Å². The van der Waals surface area contributed by atoms with Gasteiger partial charge in [0.05, 0.1) is 16.9 Å². The van der Waals surface area contributed by atoms with Gasteiger partial charge in [-0.25, -0.2) is 4.68 Å². The number of benzene rings is 1. The third-order valence-corrected chi connectivity index (χ3v) is 5.21. The summed E-state index contributed by atoms with van der Waals surface area (Å²) in [6.07, 6.45) is 3.98. The lowest BCUT2D eigenvalue weighted by atomic mass is 9.97. The normalized spacial score (nSPS) is 17.9. The van der Waals surface area contributed by atoms with Gasteiger partial charge in [0, 0.05) is 12.6 Å². The summed E-state index contributed by atoms with van der Waals surface area (Å²) in [7, 11) is 0. The van der Waals surface area contributed by atoms with Crippen LogP contribution in [-0.2, 0) is 0 Å². The maximum Gasteiger partial charge on any atom is 0.274 e. The van der Waals surface area contributed by atoms with Crippen LogP contribution in [0, 0.1) is 6.92 Å². The molecule has 26 heavy (non-hydrogen) atoms. The summed E-state index contributed by atoms with van der Waals surface area (Å²) in [5, 5.41) is 11.3. The van der Waals surface area contributed by atoms with Gasteiger partial charge < -0.3 is 20.5 Å². The highest BCUT2D eigenvalue weighted by Crippen LogP contribution is 2.32. The van der Waals surface area contributed by atoms with Crippen molar-refractivity contribution in [3.05, 3.63) is 29.6 Å². The number of fused-ring (bicyclic) bond motifs is 1. The van der Waals surface area contributed by atoms with E-state index in [-0.39, 0.29) is 11.4 Å². The number of nitrogens with one attached hydrogen (secondary N) is 1. The van der Waals surface area contributed by atoms with Crippen molar-refractivity contribution in [3.8, 4) is 17.2 Å². The average Bonchev–Trinajstić information content (AvgIpc) is 3.28. The molecule has 1 amide bonds. The first-order chi connectivity index (χ1) is 12.6. The number of nitrogens with zero attached hydrogens (tertiary/aromatic N) is 3. The standard InChI is InChI=1S/C18H23N5O3/c1-12-16(17(24)20-18(11-19)6-2-3-7-18)21-22-23(12)13-4-5-14-15(10-13)26-9-8-25-14/h4-5,10H,2-3,6-9,11,19H2,1H3,(H,20,24). The minimum Gasteiger partial charge on any atom is -0.486 e. The van der Waals surface area contributed by atoms with Crippen LogP contribution in [-0.4, -0.2) is 46.2 Å². The Morgan fingerprint density at radius 3 is 2.73 bits per heavy atom. The van der Waals surface area contributed by atoms with Gasteiger partial charge in [0.1, 0.15) is 13.2 Å². The van der Waals surface area contributed by atoms with Crippen molar-refractivity contribution >= 4 is 5.91 Å². The third kappa shape index (κ3) is 2.90. The van der Waals surface area contributed by atoms with E-state index < -0.39 is 0 Å². The first-order valence-electron chi connectivity index (χ1n) is 8.97. The number of hydrogen-bond donors (Lipinski definition) is 2. The fourth-order valence-corrected chi connectivity index (χ4v) is 3.68. The highest BCUT2D eigenvalue weighted by Gasteiger charge is 2.35. The lowest BCUT2D eigenvalue weighted by Crippen LogP contribution is -2.51. The van der Waals surface area contributed by atoms with Crippen LogP contribution in [0.5, 0.6) is 11.5 Å². The smallest absolute Gasteiger partial charge is 0.274 e. The second-order valence-corrected chi connectivity index (χ2v) is 6.91. The zero-order valence-corrected chi connectivity index (χ0v) is 14.8. The average molecular weight is 357 g/mol. The Hall–Kier alpha value is -2.61. The van der Waals surface area contributed by atoms with Crippen LogP contribution >= 0.6 is 0 Å². The molecule has 0 radical (unpaired) electrons. The fraction of sp³-hybridized carbons (Fsp3) is 0.500. The molecule has 1 aromatic carbocycles. The Kier molecular flexibility index (Phi) is 4.28. The van der Waals surface area contributed by atoms with E-state index in [1.807, 2.05) is 25.1 Å². The summed E-state index contributed by atoms with van der Waals surface area (Å²) in [5.41, 5.74) is 7.36. The second kappa shape index (κ2) is 6.60. The Morgan fingerprint density at radius 1 is 1.27 bits per heavy atom. The highest BCUT2D eigenvalue weighted by molar-refractivity contribution is 5.93. The third-order valence-electron chi connectivity index (χ3n) is 5.21. The minimum absolute atomic E-state index is 0.223. The van der Waals surface area contributed by atoms with E-state index in [0.29, 0.717) is 42.6 Å². The van der Waals surface area contributed by atoms with Gasteiger partial charge in [0.2, 0.25) is 0 Å². The molecule has 0 saturated heterocycles. The zero-order valence-electron chi connectivity index (χ0n) is 14.8. The monoisotopic (exact) mass is 357 g/mol. The van der Waals surface area contributed by atoms with Crippen molar-refractivity contribution < 1.29 is 14.3 Å². The van der Waals surface area contributed by atoms with Crippen molar-refractivity contribution in [2.75, 3.05) is 19.8 Å². The quantitative estimate of drug-likeness (QED) is 0.856. The first kappa shape index (κ1) is 16.8. The van der Waals surface area contributed by atoms with Crippen LogP contribution in [0.25, 0.3) is 5.69 Å². The molecule has 3 N–H and O–H groups in total. The summed E-state index contributed by atoms with van der Waals surface area (Å²) in [4.78, 5) is 12.7. The highest BCUT2D eigenvalue weighted by atomic mass is 16.6. The molecule has 0 atom stereocenters. The number of aromatic nitrogens is 3. The van der Waals surface area contributed by atoms with Crippen LogP contribution in [0.2, 0.25) is 0 Å². The van der Waals surface area contributed by atoms with Gasteiger partial charge in [0.25, 0.3) is 5.91 Å². The van der Waals surface area contributed by atoms with Crippen LogP contribution in [0.4, 0.5) is 0 Å². The van der Waals surface area contributed by atoms with Gasteiger partial charge in [-0.3, -0.25) is 4.79 Å². The van der Waals surface area contributed by atoms with E-state index in [1.54, 1.807) is 4.68 Å².